The van der Waals surface area contributed by atoms with Gasteiger partial charge in [-0.15, -0.1) is 6.58 Å². The molecule has 1 aliphatic rings. The van der Waals surface area contributed by atoms with Crippen LogP contribution in [-0.2, 0) is 0 Å². The average Bonchev–Trinajstić information content (AvgIpc) is 2.07. The Kier molecular flexibility index (Phi) is 3.68. The molecule has 0 bridgehead atoms. The fourth-order valence-electron chi connectivity index (χ4n) is 2.11. The van der Waals surface area contributed by atoms with Gasteiger partial charge in [0.25, 0.3) is 0 Å². The Bertz CT molecular complexity index is 107. The average molecular weight is 152 g/mol. The maximum Gasteiger partial charge on any atom is -0.0325 e. The Morgan fingerprint density at radius 1 is 1.18 bits per heavy atom. The van der Waals surface area contributed by atoms with Crippen molar-refractivity contribution in [2.24, 2.45) is 11.8 Å². The Morgan fingerprint density at radius 2 is 1.73 bits per heavy atom. The molecule has 0 amide bonds. The van der Waals surface area contributed by atoms with Crippen LogP contribution in [0.5, 0.6) is 0 Å². The fourth-order valence-corrected chi connectivity index (χ4v) is 2.11. The van der Waals surface area contributed by atoms with Gasteiger partial charge in [0.2, 0.25) is 0 Å². The van der Waals surface area contributed by atoms with Crippen LogP contribution in [0.25, 0.3) is 0 Å². The SMILES string of the molecule is C=CCC1CCC(CC)CC1. The van der Waals surface area contributed by atoms with E-state index in [4.69, 9.17) is 0 Å². The van der Waals surface area contributed by atoms with Crippen LogP contribution in [0.3, 0.4) is 0 Å². The van der Waals surface area contributed by atoms with Gasteiger partial charge >= 0.3 is 0 Å². The Balaban J connectivity index is 2.18. The minimum atomic E-state index is 0.968. The second-order valence-corrected chi connectivity index (χ2v) is 3.82. The second-order valence-electron chi connectivity index (χ2n) is 3.82. The van der Waals surface area contributed by atoms with Crippen molar-refractivity contribution in [3.63, 3.8) is 0 Å². The smallest absolute Gasteiger partial charge is 0.0325 e. The van der Waals surface area contributed by atoms with Gasteiger partial charge in [0.15, 0.2) is 0 Å². The molecule has 0 heterocycles. The molecule has 1 rings (SSSR count). The molecule has 0 nitrogen and oxygen atoms in total. The van der Waals surface area contributed by atoms with Gasteiger partial charge < -0.3 is 0 Å². The van der Waals surface area contributed by atoms with Crippen molar-refractivity contribution in [1.82, 2.24) is 0 Å². The van der Waals surface area contributed by atoms with E-state index in [1.165, 1.54) is 38.5 Å². The summed E-state index contributed by atoms with van der Waals surface area (Å²) < 4.78 is 0. The van der Waals surface area contributed by atoms with Crippen LogP contribution in [-0.4, -0.2) is 0 Å². The van der Waals surface area contributed by atoms with Crippen LogP contribution in [0.15, 0.2) is 12.7 Å². The first-order chi connectivity index (χ1) is 5.36. The van der Waals surface area contributed by atoms with Crippen molar-refractivity contribution in [3.8, 4) is 0 Å². The van der Waals surface area contributed by atoms with E-state index in [-0.39, 0.29) is 0 Å². The Morgan fingerprint density at radius 3 is 2.18 bits per heavy atom. The summed E-state index contributed by atoms with van der Waals surface area (Å²) in [5.74, 6) is 2.01. The highest BCUT2D eigenvalue weighted by atomic mass is 14.2. The van der Waals surface area contributed by atoms with Crippen molar-refractivity contribution in [3.05, 3.63) is 12.7 Å². The van der Waals surface area contributed by atoms with Crippen molar-refractivity contribution in [2.45, 2.75) is 45.4 Å². The first kappa shape index (κ1) is 8.83. The van der Waals surface area contributed by atoms with E-state index in [1.54, 1.807) is 0 Å². The van der Waals surface area contributed by atoms with Gasteiger partial charge in [0, 0.05) is 0 Å². The molecule has 1 aliphatic carbocycles. The van der Waals surface area contributed by atoms with E-state index in [1.807, 2.05) is 0 Å². The van der Waals surface area contributed by atoms with Crippen LogP contribution >= 0.6 is 0 Å². The lowest BCUT2D eigenvalue weighted by atomic mass is 9.79. The molecular formula is C11H20. The lowest BCUT2D eigenvalue weighted by molar-refractivity contribution is 0.271. The molecule has 0 aromatic rings. The molecule has 0 N–H and O–H groups in total. The highest BCUT2D eigenvalue weighted by Gasteiger charge is 2.18. The summed E-state index contributed by atoms with van der Waals surface area (Å²) in [6.45, 7) is 6.11. The maximum absolute atomic E-state index is 3.79. The van der Waals surface area contributed by atoms with E-state index in [9.17, 15) is 0 Å². The normalized spacial score (nSPS) is 31.7. The molecule has 0 aromatic carbocycles. The number of allylic oxidation sites excluding steroid dienone is 1. The van der Waals surface area contributed by atoms with Crippen molar-refractivity contribution < 1.29 is 0 Å². The Labute approximate surface area is 70.7 Å². The van der Waals surface area contributed by atoms with Crippen molar-refractivity contribution >= 4 is 0 Å². The summed E-state index contributed by atoms with van der Waals surface area (Å²) in [6.07, 6.45) is 10.5. The summed E-state index contributed by atoms with van der Waals surface area (Å²) in [4.78, 5) is 0. The van der Waals surface area contributed by atoms with Gasteiger partial charge in [0.05, 0.1) is 0 Å². The lowest BCUT2D eigenvalue weighted by Gasteiger charge is -2.26. The summed E-state index contributed by atoms with van der Waals surface area (Å²) in [7, 11) is 0. The first-order valence-electron chi connectivity index (χ1n) is 4.97. The van der Waals surface area contributed by atoms with Crippen LogP contribution in [0.1, 0.15) is 45.4 Å². The molecule has 0 saturated heterocycles. The molecular weight excluding hydrogens is 132 g/mol. The van der Waals surface area contributed by atoms with Crippen LogP contribution < -0.4 is 0 Å². The summed E-state index contributed by atoms with van der Waals surface area (Å²) >= 11 is 0. The maximum atomic E-state index is 3.79. The van der Waals surface area contributed by atoms with E-state index < -0.39 is 0 Å². The van der Waals surface area contributed by atoms with Gasteiger partial charge in [-0.25, -0.2) is 0 Å². The van der Waals surface area contributed by atoms with Gasteiger partial charge in [-0.05, 0) is 31.1 Å². The number of hydrogen-bond acceptors (Lipinski definition) is 0. The topological polar surface area (TPSA) is 0 Å². The summed E-state index contributed by atoms with van der Waals surface area (Å²) in [5.41, 5.74) is 0. The van der Waals surface area contributed by atoms with Gasteiger partial charge in [-0.1, -0.05) is 32.3 Å². The third-order valence-electron chi connectivity index (χ3n) is 3.04. The van der Waals surface area contributed by atoms with E-state index in [0.29, 0.717) is 0 Å². The van der Waals surface area contributed by atoms with Crippen molar-refractivity contribution in [1.29, 1.82) is 0 Å². The third kappa shape index (κ3) is 2.69. The molecule has 0 heteroatoms. The van der Waals surface area contributed by atoms with Crippen molar-refractivity contribution in [2.75, 3.05) is 0 Å². The third-order valence-corrected chi connectivity index (χ3v) is 3.04. The highest BCUT2D eigenvalue weighted by Crippen LogP contribution is 2.32. The van der Waals surface area contributed by atoms with Gasteiger partial charge in [-0.2, -0.15) is 0 Å². The number of hydrogen-bond donors (Lipinski definition) is 0. The molecule has 64 valence electrons. The molecule has 11 heavy (non-hydrogen) atoms. The standard InChI is InChI=1S/C11H20/c1-3-5-11-8-6-10(4-2)7-9-11/h3,10-11H,1,4-9H2,2H3. The quantitative estimate of drug-likeness (QED) is 0.540. The fraction of sp³-hybridized carbons (Fsp3) is 0.818. The van der Waals surface area contributed by atoms with E-state index >= 15 is 0 Å². The summed E-state index contributed by atoms with van der Waals surface area (Å²) in [6, 6.07) is 0. The molecule has 0 radical (unpaired) electrons. The molecule has 1 saturated carbocycles. The molecule has 0 unspecified atom stereocenters. The van der Waals surface area contributed by atoms with Gasteiger partial charge in [-0.3, -0.25) is 0 Å². The van der Waals surface area contributed by atoms with Crippen LogP contribution in [0, 0.1) is 11.8 Å². The minimum Gasteiger partial charge on any atom is -0.103 e. The van der Waals surface area contributed by atoms with Crippen LogP contribution in [0.4, 0.5) is 0 Å². The predicted octanol–water partition coefficient (Wildman–Crippen LogP) is 3.78. The number of rotatable bonds is 3. The monoisotopic (exact) mass is 152 g/mol. The van der Waals surface area contributed by atoms with E-state index in [0.717, 1.165) is 11.8 Å². The Hall–Kier alpha value is -0.260. The zero-order chi connectivity index (χ0) is 8.10. The molecule has 0 aliphatic heterocycles. The second kappa shape index (κ2) is 4.58. The molecule has 0 aromatic heterocycles. The zero-order valence-electron chi connectivity index (χ0n) is 7.68. The van der Waals surface area contributed by atoms with Crippen LogP contribution in [0.2, 0.25) is 0 Å². The highest BCUT2D eigenvalue weighted by molar-refractivity contribution is 4.78. The van der Waals surface area contributed by atoms with E-state index in [2.05, 4.69) is 19.6 Å². The molecule has 1 fully saturated rings. The molecule has 0 atom stereocenters. The van der Waals surface area contributed by atoms with Gasteiger partial charge in [0.1, 0.15) is 0 Å². The first-order valence-corrected chi connectivity index (χ1v) is 4.97. The minimum absolute atomic E-state index is 0.968. The zero-order valence-corrected chi connectivity index (χ0v) is 7.68. The largest absolute Gasteiger partial charge is 0.103 e. The predicted molar refractivity (Wildman–Crippen MR) is 50.6 cm³/mol. The molecule has 0 spiro atoms. The summed E-state index contributed by atoms with van der Waals surface area (Å²) in [5, 5.41) is 0. The lowest BCUT2D eigenvalue weighted by Crippen LogP contribution is -2.13.